The van der Waals surface area contributed by atoms with Crippen molar-refractivity contribution in [3.05, 3.63) is 0 Å². The van der Waals surface area contributed by atoms with Gasteiger partial charge in [0.1, 0.15) is 0 Å². The van der Waals surface area contributed by atoms with E-state index in [1.165, 1.54) is 141 Å². The molecule has 0 bridgehead atoms. The molecule has 0 saturated heterocycles. The Morgan fingerprint density at radius 2 is 0.967 bits per heavy atom. The zero-order chi connectivity index (χ0) is 21.9. The first-order valence-corrected chi connectivity index (χ1v) is 14.4. The van der Waals surface area contributed by atoms with Gasteiger partial charge in [-0.05, 0) is 38.8 Å². The molecule has 0 aromatic heterocycles. The Hall–Kier alpha value is -0.0400. The Morgan fingerprint density at radius 1 is 0.567 bits per heavy atom. The van der Waals surface area contributed by atoms with Gasteiger partial charge in [0.2, 0.25) is 0 Å². The molecule has 1 nitrogen and oxygen atoms in total. The van der Waals surface area contributed by atoms with E-state index in [2.05, 4.69) is 32.8 Å². The summed E-state index contributed by atoms with van der Waals surface area (Å²) in [4.78, 5) is 2.55. The van der Waals surface area contributed by atoms with Gasteiger partial charge in [0, 0.05) is 6.04 Å². The molecule has 0 aromatic carbocycles. The van der Waals surface area contributed by atoms with Gasteiger partial charge in [-0.3, -0.25) is 0 Å². The normalized spacial score (nSPS) is 19.5. The van der Waals surface area contributed by atoms with Crippen LogP contribution in [-0.2, 0) is 0 Å². The van der Waals surface area contributed by atoms with Crippen molar-refractivity contribution in [3.8, 4) is 0 Å². The highest BCUT2D eigenvalue weighted by Gasteiger charge is 2.42. The third-order valence-corrected chi connectivity index (χ3v) is 7.67. The standard InChI is InChI=1S/C29H59N/c1-5-7-9-11-13-14-15-16-17-18-19-21-23-25-29(30(3)4)28-26-27(28)24-22-20-12-10-8-6-2/h27-29H,5-26H2,1-4H3/t27-,28+,29?/m1/s1. The van der Waals surface area contributed by atoms with Crippen LogP contribution in [0.2, 0.25) is 0 Å². The minimum absolute atomic E-state index is 0.864. The summed E-state index contributed by atoms with van der Waals surface area (Å²) < 4.78 is 0. The Balaban J connectivity index is 1.93. The first kappa shape index (κ1) is 28.0. The van der Waals surface area contributed by atoms with Gasteiger partial charge < -0.3 is 4.90 Å². The SMILES string of the molecule is CCCCCCCCCCCCCCCC([C@H]1C[C@H]1CCCCCCCC)N(C)C. The maximum absolute atomic E-state index is 2.55. The molecule has 0 aromatic rings. The summed E-state index contributed by atoms with van der Waals surface area (Å²) in [6.07, 6.45) is 32.2. The molecule has 180 valence electrons. The first-order valence-electron chi connectivity index (χ1n) is 14.4. The van der Waals surface area contributed by atoms with Crippen molar-refractivity contribution in [2.45, 2.75) is 161 Å². The van der Waals surface area contributed by atoms with Crippen molar-refractivity contribution in [3.63, 3.8) is 0 Å². The van der Waals surface area contributed by atoms with Crippen LogP contribution in [0.25, 0.3) is 0 Å². The second-order valence-electron chi connectivity index (χ2n) is 10.8. The van der Waals surface area contributed by atoms with E-state index in [-0.39, 0.29) is 0 Å². The van der Waals surface area contributed by atoms with Gasteiger partial charge in [-0.25, -0.2) is 0 Å². The van der Waals surface area contributed by atoms with Gasteiger partial charge in [-0.2, -0.15) is 0 Å². The maximum atomic E-state index is 2.55. The van der Waals surface area contributed by atoms with Gasteiger partial charge in [0.25, 0.3) is 0 Å². The summed E-state index contributed by atoms with van der Waals surface area (Å²) in [5, 5.41) is 0. The molecule has 0 N–H and O–H groups in total. The van der Waals surface area contributed by atoms with Crippen molar-refractivity contribution >= 4 is 0 Å². The van der Waals surface area contributed by atoms with E-state index in [9.17, 15) is 0 Å². The summed E-state index contributed by atoms with van der Waals surface area (Å²) in [5.41, 5.74) is 0. The van der Waals surface area contributed by atoms with Crippen LogP contribution in [0.3, 0.4) is 0 Å². The summed E-state index contributed by atoms with van der Waals surface area (Å²) >= 11 is 0. The Kier molecular flexibility index (Phi) is 18.3. The van der Waals surface area contributed by atoms with E-state index >= 15 is 0 Å². The molecular weight excluding hydrogens is 362 g/mol. The molecule has 0 amide bonds. The topological polar surface area (TPSA) is 3.24 Å². The van der Waals surface area contributed by atoms with Crippen LogP contribution in [0.5, 0.6) is 0 Å². The van der Waals surface area contributed by atoms with Gasteiger partial charge in [-0.1, -0.05) is 142 Å². The number of hydrogen-bond donors (Lipinski definition) is 0. The number of unbranched alkanes of at least 4 members (excludes halogenated alkanes) is 17. The fourth-order valence-electron chi connectivity index (χ4n) is 5.49. The van der Waals surface area contributed by atoms with Crippen LogP contribution in [0.1, 0.15) is 155 Å². The van der Waals surface area contributed by atoms with Crippen LogP contribution in [0.4, 0.5) is 0 Å². The van der Waals surface area contributed by atoms with Crippen molar-refractivity contribution in [1.82, 2.24) is 4.90 Å². The maximum Gasteiger partial charge on any atom is 0.0120 e. The third kappa shape index (κ3) is 14.9. The quantitative estimate of drug-likeness (QED) is 0.148. The zero-order valence-electron chi connectivity index (χ0n) is 21.7. The minimum atomic E-state index is 0.864. The summed E-state index contributed by atoms with van der Waals surface area (Å²) in [5.74, 6) is 2.08. The molecular formula is C29H59N. The fraction of sp³-hybridized carbons (Fsp3) is 1.00. The van der Waals surface area contributed by atoms with Crippen molar-refractivity contribution < 1.29 is 0 Å². The van der Waals surface area contributed by atoms with E-state index in [1.807, 2.05) is 0 Å². The summed E-state index contributed by atoms with van der Waals surface area (Å²) in [6, 6.07) is 0.864. The van der Waals surface area contributed by atoms with Crippen LogP contribution < -0.4 is 0 Å². The van der Waals surface area contributed by atoms with E-state index in [0.29, 0.717) is 0 Å². The van der Waals surface area contributed by atoms with Gasteiger partial charge in [0.15, 0.2) is 0 Å². The molecule has 30 heavy (non-hydrogen) atoms. The van der Waals surface area contributed by atoms with Crippen molar-refractivity contribution in [1.29, 1.82) is 0 Å². The molecule has 0 heterocycles. The van der Waals surface area contributed by atoms with Crippen LogP contribution in [0, 0.1) is 11.8 Å². The first-order chi connectivity index (χ1) is 14.7. The van der Waals surface area contributed by atoms with Crippen molar-refractivity contribution in [2.24, 2.45) is 11.8 Å². The lowest BCUT2D eigenvalue weighted by molar-refractivity contribution is 0.234. The van der Waals surface area contributed by atoms with Crippen LogP contribution in [0.15, 0.2) is 0 Å². The third-order valence-electron chi connectivity index (χ3n) is 7.67. The molecule has 0 spiro atoms. The zero-order valence-corrected chi connectivity index (χ0v) is 21.7. The van der Waals surface area contributed by atoms with Crippen molar-refractivity contribution in [2.75, 3.05) is 14.1 Å². The molecule has 0 aliphatic heterocycles. The number of rotatable bonds is 23. The monoisotopic (exact) mass is 421 g/mol. The van der Waals surface area contributed by atoms with E-state index in [0.717, 1.165) is 17.9 Å². The molecule has 1 aliphatic rings. The Bertz CT molecular complexity index is 350. The highest BCUT2D eigenvalue weighted by atomic mass is 15.1. The lowest BCUT2D eigenvalue weighted by Gasteiger charge is -2.25. The van der Waals surface area contributed by atoms with E-state index < -0.39 is 0 Å². The predicted molar refractivity (Wildman–Crippen MR) is 137 cm³/mol. The lowest BCUT2D eigenvalue weighted by atomic mass is 9.98. The second-order valence-corrected chi connectivity index (χ2v) is 10.8. The average Bonchev–Trinajstić information content (AvgIpc) is 3.49. The number of hydrogen-bond acceptors (Lipinski definition) is 1. The largest absolute Gasteiger partial charge is 0.306 e. The molecule has 0 radical (unpaired) electrons. The van der Waals surface area contributed by atoms with Gasteiger partial charge >= 0.3 is 0 Å². The summed E-state index contributed by atoms with van der Waals surface area (Å²) in [6.45, 7) is 4.62. The predicted octanol–water partition coefficient (Wildman–Crippen LogP) is 9.78. The van der Waals surface area contributed by atoms with Gasteiger partial charge in [-0.15, -0.1) is 0 Å². The highest BCUT2D eigenvalue weighted by molar-refractivity contribution is 4.94. The Labute approximate surface area is 192 Å². The molecule has 1 rings (SSSR count). The number of nitrogens with zero attached hydrogens (tertiary/aromatic N) is 1. The minimum Gasteiger partial charge on any atom is -0.306 e. The fourth-order valence-corrected chi connectivity index (χ4v) is 5.49. The van der Waals surface area contributed by atoms with E-state index in [1.54, 1.807) is 0 Å². The molecule has 1 fully saturated rings. The summed E-state index contributed by atoms with van der Waals surface area (Å²) in [7, 11) is 4.65. The molecule has 1 unspecified atom stereocenters. The highest BCUT2D eigenvalue weighted by Crippen LogP contribution is 2.47. The van der Waals surface area contributed by atoms with Crippen LogP contribution >= 0.6 is 0 Å². The molecule has 1 saturated carbocycles. The molecule has 3 atom stereocenters. The smallest absolute Gasteiger partial charge is 0.0120 e. The molecule has 1 heteroatoms. The van der Waals surface area contributed by atoms with E-state index in [4.69, 9.17) is 0 Å². The second kappa shape index (κ2) is 19.6. The van der Waals surface area contributed by atoms with Gasteiger partial charge in [0.05, 0.1) is 0 Å². The van der Waals surface area contributed by atoms with Crippen LogP contribution in [-0.4, -0.2) is 25.0 Å². The Morgan fingerprint density at radius 3 is 1.40 bits per heavy atom. The molecule has 1 aliphatic carbocycles. The lowest BCUT2D eigenvalue weighted by Crippen LogP contribution is -2.30. The average molecular weight is 422 g/mol.